The summed E-state index contributed by atoms with van der Waals surface area (Å²) in [5, 5.41) is 0. The second-order valence-electron chi connectivity index (χ2n) is 7.79. The lowest BCUT2D eigenvalue weighted by Crippen LogP contribution is -2.42. The minimum absolute atomic E-state index is 0.163. The van der Waals surface area contributed by atoms with Crippen LogP contribution in [0.4, 0.5) is 0 Å². The molecular formula is C23H27N3O. The van der Waals surface area contributed by atoms with E-state index < -0.39 is 0 Å². The van der Waals surface area contributed by atoms with Gasteiger partial charge in [0.1, 0.15) is 6.33 Å². The second kappa shape index (κ2) is 8.03. The molecule has 1 saturated heterocycles. The molecule has 0 spiro atoms. The van der Waals surface area contributed by atoms with Crippen LogP contribution in [0.2, 0.25) is 0 Å². The SMILES string of the molecule is Cc1ccc(-c2cncnc2[C@@H]2CCCN(C(=O)[C@@H]3CC=CCC3)C2)cc1. The molecule has 1 aromatic carbocycles. The number of hydrogen-bond donors (Lipinski definition) is 0. The first kappa shape index (κ1) is 17.9. The van der Waals surface area contributed by atoms with Gasteiger partial charge >= 0.3 is 0 Å². The number of rotatable bonds is 3. The number of piperidine rings is 1. The molecule has 27 heavy (non-hydrogen) atoms. The lowest BCUT2D eigenvalue weighted by Gasteiger charge is -2.35. The number of allylic oxidation sites excluding steroid dienone is 2. The molecule has 1 fully saturated rings. The highest BCUT2D eigenvalue weighted by Gasteiger charge is 2.31. The molecule has 2 aromatic rings. The van der Waals surface area contributed by atoms with Crippen LogP contribution in [-0.2, 0) is 4.79 Å². The largest absolute Gasteiger partial charge is 0.342 e. The fraction of sp³-hybridized carbons (Fsp3) is 0.435. The smallest absolute Gasteiger partial charge is 0.226 e. The van der Waals surface area contributed by atoms with Gasteiger partial charge in [0.05, 0.1) is 5.69 Å². The van der Waals surface area contributed by atoms with Crippen molar-refractivity contribution in [3.05, 3.63) is 60.2 Å². The van der Waals surface area contributed by atoms with E-state index in [0.717, 1.165) is 62.0 Å². The predicted molar refractivity (Wildman–Crippen MR) is 107 cm³/mol. The molecular weight excluding hydrogens is 334 g/mol. The topological polar surface area (TPSA) is 46.1 Å². The Hall–Kier alpha value is -2.49. The first-order valence-corrected chi connectivity index (χ1v) is 10.0. The van der Waals surface area contributed by atoms with Crippen LogP contribution < -0.4 is 0 Å². The van der Waals surface area contributed by atoms with Gasteiger partial charge in [-0.25, -0.2) is 9.97 Å². The summed E-state index contributed by atoms with van der Waals surface area (Å²) in [6, 6.07) is 8.52. The first-order valence-electron chi connectivity index (χ1n) is 10.0. The van der Waals surface area contributed by atoms with Gasteiger partial charge in [0, 0.05) is 36.7 Å². The zero-order valence-corrected chi connectivity index (χ0v) is 16.0. The average molecular weight is 361 g/mol. The van der Waals surface area contributed by atoms with Crippen LogP contribution in [0.1, 0.15) is 49.3 Å². The van der Waals surface area contributed by atoms with Gasteiger partial charge in [0.25, 0.3) is 0 Å². The van der Waals surface area contributed by atoms with E-state index in [1.165, 1.54) is 5.56 Å². The normalized spacial score (nSPS) is 22.6. The highest BCUT2D eigenvalue weighted by molar-refractivity contribution is 5.79. The highest BCUT2D eigenvalue weighted by Crippen LogP contribution is 2.33. The maximum atomic E-state index is 13.0. The Morgan fingerprint density at radius 3 is 2.78 bits per heavy atom. The maximum absolute atomic E-state index is 13.0. The molecule has 140 valence electrons. The van der Waals surface area contributed by atoms with Crippen molar-refractivity contribution in [3.63, 3.8) is 0 Å². The van der Waals surface area contributed by atoms with Crippen molar-refractivity contribution in [3.8, 4) is 11.1 Å². The summed E-state index contributed by atoms with van der Waals surface area (Å²) in [4.78, 5) is 24.0. The van der Waals surface area contributed by atoms with Gasteiger partial charge in [-0.1, -0.05) is 42.0 Å². The van der Waals surface area contributed by atoms with Crippen molar-refractivity contribution in [1.82, 2.24) is 14.9 Å². The van der Waals surface area contributed by atoms with E-state index in [1.54, 1.807) is 6.33 Å². The number of likely N-dealkylation sites (tertiary alicyclic amines) is 1. The summed E-state index contributed by atoms with van der Waals surface area (Å²) in [6.07, 6.45) is 12.9. The molecule has 4 nitrogen and oxygen atoms in total. The molecule has 0 N–H and O–H groups in total. The maximum Gasteiger partial charge on any atom is 0.226 e. The number of nitrogens with zero attached hydrogens (tertiary/aromatic N) is 3. The van der Waals surface area contributed by atoms with E-state index in [2.05, 4.69) is 58.2 Å². The van der Waals surface area contributed by atoms with Gasteiger partial charge in [-0.2, -0.15) is 0 Å². The fourth-order valence-corrected chi connectivity index (χ4v) is 4.30. The number of aryl methyl sites for hydroxylation is 1. The molecule has 2 aliphatic rings. The Labute approximate surface area is 161 Å². The molecule has 1 aliphatic heterocycles. The molecule has 0 radical (unpaired) electrons. The Kier molecular flexibility index (Phi) is 5.33. The molecule has 0 bridgehead atoms. The van der Waals surface area contributed by atoms with Crippen molar-refractivity contribution >= 4 is 5.91 Å². The van der Waals surface area contributed by atoms with Gasteiger partial charge < -0.3 is 4.90 Å². The second-order valence-corrected chi connectivity index (χ2v) is 7.79. The molecule has 2 atom stereocenters. The number of carbonyl (C=O) groups is 1. The summed E-state index contributed by atoms with van der Waals surface area (Å²) < 4.78 is 0. The summed E-state index contributed by atoms with van der Waals surface area (Å²) in [5.74, 6) is 0.770. The van der Waals surface area contributed by atoms with Gasteiger partial charge in [-0.15, -0.1) is 0 Å². The minimum Gasteiger partial charge on any atom is -0.342 e. The van der Waals surface area contributed by atoms with Crippen LogP contribution >= 0.6 is 0 Å². The van der Waals surface area contributed by atoms with E-state index in [9.17, 15) is 4.79 Å². The molecule has 0 unspecified atom stereocenters. The van der Waals surface area contributed by atoms with E-state index >= 15 is 0 Å². The molecule has 0 saturated carbocycles. The van der Waals surface area contributed by atoms with Crippen LogP contribution in [0.5, 0.6) is 0 Å². The van der Waals surface area contributed by atoms with Crippen molar-refractivity contribution in [2.24, 2.45) is 5.92 Å². The van der Waals surface area contributed by atoms with Crippen LogP contribution in [0, 0.1) is 12.8 Å². The van der Waals surface area contributed by atoms with Gasteiger partial charge in [0.2, 0.25) is 5.91 Å². The Morgan fingerprint density at radius 1 is 1.15 bits per heavy atom. The molecule has 1 amide bonds. The van der Waals surface area contributed by atoms with Crippen molar-refractivity contribution in [2.45, 2.75) is 44.9 Å². The molecule has 4 rings (SSSR count). The summed E-state index contributed by atoms with van der Waals surface area (Å²) >= 11 is 0. The lowest BCUT2D eigenvalue weighted by atomic mass is 9.88. The zero-order valence-electron chi connectivity index (χ0n) is 16.0. The quantitative estimate of drug-likeness (QED) is 0.756. The monoisotopic (exact) mass is 361 g/mol. The van der Waals surface area contributed by atoms with E-state index in [4.69, 9.17) is 0 Å². The molecule has 1 aromatic heterocycles. The van der Waals surface area contributed by atoms with E-state index in [-0.39, 0.29) is 11.8 Å². The highest BCUT2D eigenvalue weighted by atomic mass is 16.2. The Morgan fingerprint density at radius 2 is 2.00 bits per heavy atom. The van der Waals surface area contributed by atoms with Crippen LogP contribution in [0.15, 0.2) is 48.9 Å². The third kappa shape index (κ3) is 3.95. The summed E-state index contributed by atoms with van der Waals surface area (Å²) in [5.41, 5.74) is 4.57. The minimum atomic E-state index is 0.163. The van der Waals surface area contributed by atoms with Gasteiger partial charge in [-0.3, -0.25) is 4.79 Å². The van der Waals surface area contributed by atoms with Crippen LogP contribution in [0.3, 0.4) is 0 Å². The van der Waals surface area contributed by atoms with Crippen molar-refractivity contribution in [2.75, 3.05) is 13.1 Å². The predicted octanol–water partition coefficient (Wildman–Crippen LogP) is 4.51. The third-order valence-corrected chi connectivity index (χ3v) is 5.84. The van der Waals surface area contributed by atoms with Crippen molar-refractivity contribution in [1.29, 1.82) is 0 Å². The van der Waals surface area contributed by atoms with Crippen LogP contribution in [-0.4, -0.2) is 33.9 Å². The zero-order chi connectivity index (χ0) is 18.6. The van der Waals surface area contributed by atoms with Crippen LogP contribution in [0.25, 0.3) is 11.1 Å². The summed E-state index contributed by atoms with van der Waals surface area (Å²) in [7, 11) is 0. The third-order valence-electron chi connectivity index (χ3n) is 5.84. The fourth-order valence-electron chi connectivity index (χ4n) is 4.30. The number of benzene rings is 1. The lowest BCUT2D eigenvalue weighted by molar-refractivity contribution is -0.137. The molecule has 1 aliphatic carbocycles. The number of carbonyl (C=O) groups excluding carboxylic acids is 1. The van der Waals surface area contributed by atoms with Gasteiger partial charge in [0.15, 0.2) is 0 Å². The van der Waals surface area contributed by atoms with Crippen molar-refractivity contribution < 1.29 is 4.79 Å². The van der Waals surface area contributed by atoms with E-state index in [0.29, 0.717) is 5.91 Å². The standard InChI is InChI=1S/C23H27N3O/c1-17-9-11-18(12-10-17)21-14-24-16-25-22(21)20-8-5-13-26(15-20)23(27)19-6-3-2-4-7-19/h2-3,9-12,14,16,19-20H,4-8,13,15H2,1H3/t19-,20-/m1/s1. The van der Waals surface area contributed by atoms with E-state index in [1.807, 2.05) is 6.20 Å². The molecule has 2 heterocycles. The average Bonchev–Trinajstić information content (AvgIpc) is 2.74. The molecule has 4 heteroatoms. The number of aromatic nitrogens is 2. The summed E-state index contributed by atoms with van der Waals surface area (Å²) in [6.45, 7) is 3.74. The first-order chi connectivity index (χ1) is 13.2. The Balaban J connectivity index is 1.56. The van der Waals surface area contributed by atoms with Gasteiger partial charge in [-0.05, 0) is 44.6 Å². The number of hydrogen-bond acceptors (Lipinski definition) is 3. The Bertz CT molecular complexity index is 828. The number of amides is 1.